The Balaban J connectivity index is 2.31. The molecule has 0 radical (unpaired) electrons. The summed E-state index contributed by atoms with van der Waals surface area (Å²) in [6.07, 6.45) is 0.552. The Bertz CT molecular complexity index is 417. The molecule has 0 unspecified atom stereocenters. The summed E-state index contributed by atoms with van der Waals surface area (Å²) >= 11 is 0. The summed E-state index contributed by atoms with van der Waals surface area (Å²) < 4.78 is 0. The number of hydrogen-bond donors (Lipinski definition) is 0. The number of hydrogen-bond acceptors (Lipinski definition) is 4. The van der Waals surface area contributed by atoms with Crippen LogP contribution in [0.5, 0.6) is 0 Å². The van der Waals surface area contributed by atoms with Gasteiger partial charge < -0.3 is 5.53 Å². The van der Waals surface area contributed by atoms with E-state index < -0.39 is 11.9 Å². The summed E-state index contributed by atoms with van der Waals surface area (Å²) in [5.41, 5.74) is 9.81. The molecule has 0 amide bonds. The van der Waals surface area contributed by atoms with Gasteiger partial charge in [0, 0.05) is 6.92 Å². The number of carbonyl (C=O) groups excluding carboxylic acids is 2. The molecule has 6 nitrogen and oxygen atoms in total. The lowest BCUT2D eigenvalue weighted by atomic mass is 10.1. The third-order valence-corrected chi connectivity index (χ3v) is 1.85. The fourth-order valence-corrected chi connectivity index (χ4v) is 1.15. The Morgan fingerprint density at radius 2 is 1.88 bits per heavy atom. The molecule has 90 valence electrons. The largest absolute Gasteiger partial charge is 0.390 e. The Morgan fingerprint density at radius 3 is 2.47 bits per heavy atom. The topological polar surface area (TPSA) is 77.9 Å². The van der Waals surface area contributed by atoms with Gasteiger partial charge in [-0.1, -0.05) is 30.3 Å². The first-order chi connectivity index (χ1) is 8.08. The quantitative estimate of drug-likeness (QED) is 0.574. The van der Waals surface area contributed by atoms with Gasteiger partial charge in [-0.05, 0) is 12.0 Å². The first-order valence-corrected chi connectivity index (χ1v) is 5.00. The highest BCUT2D eigenvalue weighted by molar-refractivity contribution is 5.69. The molecule has 0 aliphatic carbocycles. The minimum Gasteiger partial charge on any atom is -0.390 e. The van der Waals surface area contributed by atoms with Crippen LogP contribution in [-0.2, 0) is 25.7 Å². The van der Waals surface area contributed by atoms with Gasteiger partial charge in [0.2, 0.25) is 0 Å². The van der Waals surface area contributed by atoms with E-state index in [0.29, 0.717) is 6.42 Å². The lowest BCUT2D eigenvalue weighted by molar-refractivity contribution is -0.945. The minimum absolute atomic E-state index is 0.0718. The zero-order chi connectivity index (χ0) is 12.7. The molecule has 0 saturated heterocycles. The van der Waals surface area contributed by atoms with Gasteiger partial charge in [0.1, 0.15) is 5.02 Å². The monoisotopic (exact) mass is 236 g/mol. The minimum atomic E-state index is -0.789. The SMILES string of the molecule is CC(=O)O[N+](=[N-])OC(=O)CCc1ccccc1. The van der Waals surface area contributed by atoms with Crippen LogP contribution in [0.15, 0.2) is 30.3 Å². The predicted molar refractivity (Wildman–Crippen MR) is 56.2 cm³/mol. The zero-order valence-corrected chi connectivity index (χ0v) is 9.33. The van der Waals surface area contributed by atoms with Crippen molar-refractivity contribution in [1.29, 1.82) is 0 Å². The van der Waals surface area contributed by atoms with E-state index in [2.05, 4.69) is 9.68 Å². The molecule has 0 spiro atoms. The van der Waals surface area contributed by atoms with Gasteiger partial charge in [0.05, 0.1) is 6.42 Å². The highest BCUT2D eigenvalue weighted by atomic mass is 17.0. The second-order valence-corrected chi connectivity index (χ2v) is 3.27. The van der Waals surface area contributed by atoms with Gasteiger partial charge in [0.25, 0.3) is 0 Å². The molecule has 1 rings (SSSR count). The Labute approximate surface area is 98.2 Å². The molecule has 1 aromatic carbocycles. The van der Waals surface area contributed by atoms with E-state index in [1.807, 2.05) is 30.3 Å². The average Bonchev–Trinajstić information content (AvgIpc) is 2.26. The maximum Gasteiger partial charge on any atom is 0.385 e. The van der Waals surface area contributed by atoms with Crippen LogP contribution in [0, 0.1) is 0 Å². The molecule has 0 fully saturated rings. The second kappa shape index (κ2) is 6.37. The van der Waals surface area contributed by atoms with Crippen molar-refractivity contribution in [3.63, 3.8) is 0 Å². The van der Waals surface area contributed by atoms with Crippen LogP contribution in [-0.4, -0.2) is 17.0 Å². The van der Waals surface area contributed by atoms with Crippen molar-refractivity contribution in [3.05, 3.63) is 41.4 Å². The first-order valence-electron chi connectivity index (χ1n) is 5.00. The lowest BCUT2D eigenvalue weighted by Gasteiger charge is -2.00. The summed E-state index contributed by atoms with van der Waals surface area (Å²) in [6.45, 7) is 1.07. The molecule has 1 aromatic rings. The van der Waals surface area contributed by atoms with Gasteiger partial charge >= 0.3 is 11.9 Å². The predicted octanol–water partition coefficient (Wildman–Crippen LogP) is 1.59. The van der Waals surface area contributed by atoms with E-state index in [0.717, 1.165) is 12.5 Å². The normalized spacial score (nSPS) is 9.47. The summed E-state index contributed by atoms with van der Waals surface area (Å²) in [4.78, 5) is 30.0. The fraction of sp³-hybridized carbons (Fsp3) is 0.273. The third-order valence-electron chi connectivity index (χ3n) is 1.85. The van der Waals surface area contributed by atoms with Gasteiger partial charge in [-0.25, -0.2) is 9.59 Å². The summed E-state index contributed by atoms with van der Waals surface area (Å²) in [5, 5.41) is -0.240. The van der Waals surface area contributed by atoms with Crippen molar-refractivity contribution in [2.24, 2.45) is 0 Å². The molecule has 0 bridgehead atoms. The van der Waals surface area contributed by atoms with E-state index in [4.69, 9.17) is 5.53 Å². The van der Waals surface area contributed by atoms with Crippen molar-refractivity contribution in [1.82, 2.24) is 0 Å². The Hall–Kier alpha value is -2.24. The maximum atomic E-state index is 11.2. The summed E-state index contributed by atoms with van der Waals surface area (Å²) in [7, 11) is 0. The van der Waals surface area contributed by atoms with Gasteiger partial charge in [-0.3, -0.25) is 0 Å². The molecule has 0 N–H and O–H groups in total. The van der Waals surface area contributed by atoms with Gasteiger partial charge in [0.15, 0.2) is 0 Å². The lowest BCUT2D eigenvalue weighted by Crippen LogP contribution is -2.18. The van der Waals surface area contributed by atoms with Crippen LogP contribution in [0.25, 0.3) is 5.53 Å². The molecule has 0 saturated carbocycles. The molecule has 0 heterocycles. The molecule has 0 atom stereocenters. The van der Waals surface area contributed by atoms with Crippen LogP contribution in [0.1, 0.15) is 18.9 Å². The van der Waals surface area contributed by atoms with Crippen molar-refractivity contribution < 1.29 is 24.3 Å². The average molecular weight is 236 g/mol. The molecule has 0 aliphatic heterocycles. The van der Waals surface area contributed by atoms with E-state index >= 15 is 0 Å². The highest BCUT2D eigenvalue weighted by Gasteiger charge is 2.12. The fourth-order valence-electron chi connectivity index (χ4n) is 1.15. The highest BCUT2D eigenvalue weighted by Crippen LogP contribution is 2.03. The van der Waals surface area contributed by atoms with Gasteiger partial charge in [-0.2, -0.15) is 9.68 Å². The Kier molecular flexibility index (Phi) is 4.80. The molecular weight excluding hydrogens is 224 g/mol. The maximum absolute atomic E-state index is 11.2. The van der Waals surface area contributed by atoms with E-state index in [9.17, 15) is 9.59 Å². The number of aryl methyl sites for hydroxylation is 1. The first kappa shape index (κ1) is 12.8. The summed E-state index contributed by atoms with van der Waals surface area (Å²) in [6, 6.07) is 9.33. The van der Waals surface area contributed by atoms with Crippen molar-refractivity contribution in [2.45, 2.75) is 19.8 Å². The smallest absolute Gasteiger partial charge is 0.385 e. The molecule has 6 heteroatoms. The van der Waals surface area contributed by atoms with Crippen LogP contribution in [0.3, 0.4) is 0 Å². The van der Waals surface area contributed by atoms with Gasteiger partial charge in [-0.15, -0.1) is 0 Å². The second-order valence-electron chi connectivity index (χ2n) is 3.27. The van der Waals surface area contributed by atoms with Crippen molar-refractivity contribution in [3.8, 4) is 0 Å². The number of benzene rings is 1. The molecule has 0 aliphatic rings. The van der Waals surface area contributed by atoms with Crippen molar-refractivity contribution >= 4 is 11.9 Å². The summed E-state index contributed by atoms with van der Waals surface area (Å²) in [5.74, 6) is -1.49. The molecule has 17 heavy (non-hydrogen) atoms. The van der Waals surface area contributed by atoms with Crippen LogP contribution in [0.4, 0.5) is 0 Å². The number of rotatable bonds is 5. The zero-order valence-electron chi connectivity index (χ0n) is 9.33. The molecule has 0 aromatic heterocycles. The molecular formula is C11H12N2O4. The van der Waals surface area contributed by atoms with Crippen LogP contribution >= 0.6 is 0 Å². The van der Waals surface area contributed by atoms with E-state index in [1.54, 1.807) is 0 Å². The Morgan fingerprint density at radius 1 is 1.24 bits per heavy atom. The van der Waals surface area contributed by atoms with Crippen LogP contribution < -0.4 is 0 Å². The van der Waals surface area contributed by atoms with Crippen LogP contribution in [0.2, 0.25) is 0 Å². The standard InChI is InChI=1S/C11H12N2O4/c1-9(14)16-13(12)17-11(15)8-7-10-5-3-2-4-6-10/h2-6H,7-8H2,1H3. The van der Waals surface area contributed by atoms with E-state index in [-0.39, 0.29) is 11.4 Å². The van der Waals surface area contributed by atoms with Crippen molar-refractivity contribution in [2.75, 3.05) is 0 Å². The number of nitrogens with zero attached hydrogens (tertiary/aromatic N) is 2. The number of carbonyl (C=O) groups is 2. The van der Waals surface area contributed by atoms with E-state index in [1.165, 1.54) is 0 Å². The third kappa shape index (κ3) is 5.41.